The zero-order chi connectivity index (χ0) is 27.7. The van der Waals surface area contributed by atoms with Crippen LogP contribution in [0.5, 0.6) is 0 Å². The van der Waals surface area contributed by atoms with E-state index in [1.165, 1.54) is 0 Å². The summed E-state index contributed by atoms with van der Waals surface area (Å²) in [7, 11) is 0. The third-order valence-corrected chi connectivity index (χ3v) is 11.2. The van der Waals surface area contributed by atoms with Gasteiger partial charge in [-0.05, 0) is 70.6 Å². The fraction of sp³-hybridized carbons (Fsp3) is 0.471. The average Bonchev–Trinajstić information content (AvgIpc) is 3.40. The molecule has 4 aliphatic carbocycles. The van der Waals surface area contributed by atoms with Crippen LogP contribution in [0.3, 0.4) is 0 Å². The molecule has 209 valence electrons. The van der Waals surface area contributed by atoms with Crippen LogP contribution in [0.15, 0.2) is 71.8 Å². The molecular weight excluding hydrogens is 536 g/mol. The van der Waals surface area contributed by atoms with Gasteiger partial charge in [-0.25, -0.2) is 0 Å². The van der Waals surface area contributed by atoms with E-state index >= 15 is 0 Å². The summed E-state index contributed by atoms with van der Waals surface area (Å²) in [6.45, 7) is 12.6. The van der Waals surface area contributed by atoms with Crippen molar-refractivity contribution in [2.45, 2.75) is 67.2 Å². The minimum atomic E-state index is -0.350. The van der Waals surface area contributed by atoms with Gasteiger partial charge in [-0.1, -0.05) is 114 Å². The Labute approximate surface area is 243 Å². The number of hydrogen-bond donors (Lipinski definition) is 0. The van der Waals surface area contributed by atoms with E-state index in [0.29, 0.717) is 22.3 Å². The number of rotatable bonds is 2. The second kappa shape index (κ2) is 9.78. The molecule has 4 fully saturated rings. The van der Waals surface area contributed by atoms with Crippen molar-refractivity contribution in [3.05, 3.63) is 82.9 Å². The fourth-order valence-corrected chi connectivity index (χ4v) is 7.75. The number of ketones is 2. The van der Waals surface area contributed by atoms with E-state index in [4.69, 9.17) is 0 Å². The molecule has 0 aliphatic heterocycles. The Morgan fingerprint density at radius 2 is 0.923 bits per heavy atom. The Balaban J connectivity index is 0.000000176. The first-order chi connectivity index (χ1) is 17.8. The molecule has 0 heterocycles. The second-order valence-corrected chi connectivity index (χ2v) is 13.2. The van der Waals surface area contributed by atoms with E-state index in [2.05, 4.69) is 27.7 Å². The van der Waals surface area contributed by atoms with E-state index in [1.807, 2.05) is 50.2 Å². The van der Waals surface area contributed by atoms with Gasteiger partial charge in [0.1, 0.15) is 0 Å². The van der Waals surface area contributed by atoms with Crippen molar-refractivity contribution in [3.8, 4) is 0 Å². The first-order valence-corrected chi connectivity index (χ1v) is 13.8. The molecule has 0 aromatic heterocycles. The van der Waals surface area contributed by atoms with E-state index in [9.17, 15) is 19.8 Å². The third kappa shape index (κ3) is 3.99. The van der Waals surface area contributed by atoms with E-state index in [0.717, 1.165) is 25.7 Å². The minimum Gasteiger partial charge on any atom is -0.872 e. The molecule has 4 nitrogen and oxygen atoms in total. The van der Waals surface area contributed by atoms with Gasteiger partial charge in [0, 0.05) is 10.8 Å². The summed E-state index contributed by atoms with van der Waals surface area (Å²) in [6, 6.07) is 18.3. The Morgan fingerprint density at radius 3 is 1.18 bits per heavy atom. The molecule has 4 bridgehead atoms. The summed E-state index contributed by atoms with van der Waals surface area (Å²) >= 11 is 0. The summed E-state index contributed by atoms with van der Waals surface area (Å²) < 4.78 is 0. The van der Waals surface area contributed by atoms with Gasteiger partial charge < -0.3 is 10.2 Å². The Morgan fingerprint density at radius 1 is 0.615 bits per heavy atom. The van der Waals surface area contributed by atoms with Gasteiger partial charge in [-0.15, -0.1) is 0 Å². The van der Waals surface area contributed by atoms with Crippen molar-refractivity contribution in [1.82, 2.24) is 0 Å². The first kappa shape index (κ1) is 29.4. The van der Waals surface area contributed by atoms with Gasteiger partial charge in [0.15, 0.2) is 11.6 Å². The van der Waals surface area contributed by atoms with Gasteiger partial charge in [0.25, 0.3) is 0 Å². The zero-order valence-corrected chi connectivity index (χ0v) is 24.6. The molecule has 39 heavy (non-hydrogen) atoms. The van der Waals surface area contributed by atoms with Crippen molar-refractivity contribution in [2.75, 3.05) is 0 Å². The number of carbonyl (C=O) groups excluding carboxylic acids is 2. The normalized spacial score (nSPS) is 33.8. The summed E-state index contributed by atoms with van der Waals surface area (Å²) in [6.07, 6.45) is 3.75. The van der Waals surface area contributed by atoms with Crippen LogP contribution in [0, 0.1) is 33.5 Å². The number of benzene rings is 2. The quantitative estimate of drug-likeness (QED) is 0.267. The number of hydrogen-bond acceptors (Lipinski definition) is 4. The summed E-state index contributed by atoms with van der Waals surface area (Å²) in [5, 5.41) is 25.2. The number of allylic oxidation sites excluding steroid dienone is 2. The van der Waals surface area contributed by atoms with Gasteiger partial charge >= 0.3 is 17.1 Å². The molecule has 0 amide bonds. The molecule has 5 heteroatoms. The van der Waals surface area contributed by atoms with Crippen molar-refractivity contribution in [2.24, 2.45) is 33.5 Å². The van der Waals surface area contributed by atoms with Crippen LogP contribution in [-0.2, 0) is 26.7 Å². The van der Waals surface area contributed by atoms with Crippen molar-refractivity contribution in [3.63, 3.8) is 0 Å². The molecule has 4 aliphatic rings. The van der Waals surface area contributed by atoms with Crippen LogP contribution in [0.4, 0.5) is 0 Å². The average molecular weight is 574 g/mol. The van der Waals surface area contributed by atoms with Crippen molar-refractivity contribution in [1.29, 1.82) is 0 Å². The second-order valence-electron chi connectivity index (χ2n) is 13.2. The largest absolute Gasteiger partial charge is 2.00 e. The number of carbonyl (C=O) groups is 2. The smallest absolute Gasteiger partial charge is 0.872 e. The minimum absolute atomic E-state index is 0. The Hall–Kier alpha value is -2.62. The number of Topliss-reactive ketones (excluding diaryl/α,β-unsaturated/α-hetero) is 2. The first-order valence-electron chi connectivity index (χ1n) is 13.8. The molecule has 1 radical (unpaired) electrons. The molecule has 2 aromatic rings. The zero-order valence-electron chi connectivity index (χ0n) is 23.7. The molecule has 0 spiro atoms. The van der Waals surface area contributed by atoms with Gasteiger partial charge in [0.2, 0.25) is 0 Å². The van der Waals surface area contributed by atoms with Gasteiger partial charge in [-0.3, -0.25) is 9.59 Å². The molecule has 0 unspecified atom stereocenters. The SMILES string of the molecule is CC1(C)[C@@H]2CC[C@@]1(C)C(=O)/C2=C(\[O-])c1ccccc1.CC1(C)[C@@H]2CC[C@@]1(C)C(=O)/C2=C(\[O-])c1ccccc1.[Cu+2]. The topological polar surface area (TPSA) is 80.3 Å². The summed E-state index contributed by atoms with van der Waals surface area (Å²) in [4.78, 5) is 25.3. The van der Waals surface area contributed by atoms with Crippen LogP contribution in [0.25, 0.3) is 11.5 Å². The standard InChI is InChI=1S/2C17H20O2.Cu/c2*1-16(2)12-9-10-17(16,3)15(19)13(12)14(18)11-7-5-4-6-8-11;/h2*4-8,12,18H,9-10H2,1-3H3;/q;;+2/p-2/b2*14-13-;/t2*12-,17+;/m11./s1. The molecular formula is C34H38CuO4. The Kier molecular flexibility index (Phi) is 7.37. The van der Waals surface area contributed by atoms with Crippen LogP contribution < -0.4 is 10.2 Å². The molecule has 0 saturated heterocycles. The third-order valence-electron chi connectivity index (χ3n) is 11.2. The predicted molar refractivity (Wildman–Crippen MR) is 146 cm³/mol. The van der Waals surface area contributed by atoms with Crippen LogP contribution in [0.2, 0.25) is 0 Å². The van der Waals surface area contributed by atoms with Crippen LogP contribution in [-0.4, -0.2) is 11.6 Å². The van der Waals surface area contributed by atoms with E-state index < -0.39 is 0 Å². The predicted octanol–water partition coefficient (Wildman–Crippen LogP) is 5.56. The summed E-state index contributed by atoms with van der Waals surface area (Å²) in [5.74, 6) is 0.291. The summed E-state index contributed by atoms with van der Waals surface area (Å²) in [5.41, 5.74) is 1.48. The van der Waals surface area contributed by atoms with Gasteiger partial charge in [0.05, 0.1) is 0 Å². The monoisotopic (exact) mass is 573 g/mol. The van der Waals surface area contributed by atoms with Crippen molar-refractivity contribution < 1.29 is 36.9 Å². The van der Waals surface area contributed by atoms with Gasteiger partial charge in [-0.2, -0.15) is 0 Å². The maximum absolute atomic E-state index is 12.7. The maximum atomic E-state index is 12.7. The fourth-order valence-electron chi connectivity index (χ4n) is 7.75. The van der Waals surface area contributed by atoms with Crippen LogP contribution in [0.1, 0.15) is 78.4 Å². The number of fused-ring (bicyclic) bond motifs is 4. The molecule has 4 atom stereocenters. The molecule has 0 N–H and O–H groups in total. The Bertz CT molecular complexity index is 1250. The van der Waals surface area contributed by atoms with Crippen LogP contribution >= 0.6 is 0 Å². The molecule has 6 rings (SSSR count). The van der Waals surface area contributed by atoms with Crippen molar-refractivity contribution >= 4 is 23.1 Å². The van der Waals surface area contributed by atoms with E-state index in [1.54, 1.807) is 24.3 Å². The maximum Gasteiger partial charge on any atom is 2.00 e. The van der Waals surface area contributed by atoms with E-state index in [-0.39, 0.29) is 73.6 Å². The molecule has 2 aromatic carbocycles. The molecule has 4 saturated carbocycles.